The summed E-state index contributed by atoms with van der Waals surface area (Å²) in [6, 6.07) is 4.26. The van der Waals surface area contributed by atoms with Crippen molar-refractivity contribution in [1.82, 2.24) is 19.7 Å². The molecule has 0 spiro atoms. The van der Waals surface area contributed by atoms with Gasteiger partial charge < -0.3 is 19.9 Å². The molecule has 0 unspecified atom stereocenters. The Morgan fingerprint density at radius 1 is 1.21 bits per heavy atom. The predicted octanol–water partition coefficient (Wildman–Crippen LogP) is 1.53. The second-order valence-corrected chi connectivity index (χ2v) is 9.33. The highest BCUT2D eigenvalue weighted by molar-refractivity contribution is 5.85. The Morgan fingerprint density at radius 2 is 1.93 bits per heavy atom. The number of likely N-dealkylation sites (tertiary alicyclic amines) is 1. The molecule has 2 fully saturated rings. The predicted molar refractivity (Wildman–Crippen MR) is 121 cm³/mol. The molecule has 3 aliphatic heterocycles. The highest BCUT2D eigenvalue weighted by atomic mass is 35.5. The summed E-state index contributed by atoms with van der Waals surface area (Å²) in [5.41, 5.74) is 2.37. The molecule has 2 bridgehead atoms. The molecule has 2 atom stereocenters. The fourth-order valence-corrected chi connectivity index (χ4v) is 5.42. The minimum absolute atomic E-state index is 0. The number of rotatable bonds is 5. The van der Waals surface area contributed by atoms with Gasteiger partial charge in [-0.15, -0.1) is 24.8 Å². The molecule has 29 heavy (non-hydrogen) atoms. The molecule has 0 aliphatic carbocycles. The average molecular weight is 447 g/mol. The van der Waals surface area contributed by atoms with Crippen LogP contribution in [0.15, 0.2) is 16.9 Å². The van der Waals surface area contributed by atoms with Crippen LogP contribution in [0.25, 0.3) is 0 Å². The maximum absolute atomic E-state index is 13.1. The fraction of sp³-hybridized carbons (Fsp3) is 0.762. The zero-order chi connectivity index (χ0) is 19.0. The number of nitrogens with one attached hydrogen (secondary N) is 1. The van der Waals surface area contributed by atoms with Gasteiger partial charge in [-0.2, -0.15) is 0 Å². The van der Waals surface area contributed by atoms with Gasteiger partial charge in [-0.05, 0) is 65.0 Å². The summed E-state index contributed by atoms with van der Waals surface area (Å²) < 4.78 is 2.06. The van der Waals surface area contributed by atoms with Crippen molar-refractivity contribution in [3.05, 3.63) is 33.7 Å². The van der Waals surface area contributed by atoms with Crippen molar-refractivity contribution in [3.8, 4) is 0 Å². The zero-order valence-corrected chi connectivity index (χ0v) is 19.2. The third-order valence-electron chi connectivity index (χ3n) is 6.89. The highest BCUT2D eigenvalue weighted by Gasteiger charge is 2.35. The molecule has 1 aromatic heterocycles. The number of aliphatic hydroxyl groups is 1. The standard InChI is InChI=1S/C21H34N4O2.2ClH/c1-23(2)14-21(15-26)5-7-24(8-6-21)13-17-3-4-19-18-9-16(10-22-11-18)12-25(19)20(17)27;;/h3-4,16,18,22,26H,5-15H2,1-2H3;2*1H/t16-,18+;;/m0../s1. The molecule has 2 saturated heterocycles. The molecule has 4 rings (SSSR count). The quantitative estimate of drug-likeness (QED) is 0.717. The lowest BCUT2D eigenvalue weighted by atomic mass is 9.78. The molecule has 6 nitrogen and oxygen atoms in total. The average Bonchev–Trinajstić information content (AvgIpc) is 2.66. The number of hydrogen-bond donors (Lipinski definition) is 2. The Balaban J connectivity index is 0.00000150. The molecule has 0 aromatic carbocycles. The SMILES string of the molecule is CN(C)CC1(CO)CCN(Cc2ccc3n(c2=O)C[C@@H]2CNC[C@H]3C2)CC1.Cl.Cl. The van der Waals surface area contributed by atoms with Crippen LogP contribution in [-0.2, 0) is 13.1 Å². The summed E-state index contributed by atoms with van der Waals surface area (Å²) in [6.07, 6.45) is 3.20. The first-order valence-electron chi connectivity index (χ1n) is 10.4. The van der Waals surface area contributed by atoms with E-state index in [9.17, 15) is 9.90 Å². The lowest BCUT2D eigenvalue weighted by molar-refractivity contribution is 0.0217. The topological polar surface area (TPSA) is 60.7 Å². The zero-order valence-electron chi connectivity index (χ0n) is 17.6. The van der Waals surface area contributed by atoms with Crippen molar-refractivity contribution < 1.29 is 5.11 Å². The molecular formula is C21H36Cl2N4O2. The van der Waals surface area contributed by atoms with Crippen LogP contribution in [0.2, 0.25) is 0 Å². The van der Waals surface area contributed by atoms with Gasteiger partial charge in [0.05, 0.1) is 6.61 Å². The Bertz CT molecular complexity index is 732. The van der Waals surface area contributed by atoms with Crippen molar-refractivity contribution >= 4 is 24.8 Å². The monoisotopic (exact) mass is 446 g/mol. The van der Waals surface area contributed by atoms with E-state index < -0.39 is 0 Å². The van der Waals surface area contributed by atoms with Crippen molar-refractivity contribution in [1.29, 1.82) is 0 Å². The van der Waals surface area contributed by atoms with Gasteiger partial charge in [0.1, 0.15) is 0 Å². The van der Waals surface area contributed by atoms with Crippen LogP contribution in [0.4, 0.5) is 0 Å². The summed E-state index contributed by atoms with van der Waals surface area (Å²) in [5.74, 6) is 1.08. The first-order valence-corrected chi connectivity index (χ1v) is 10.4. The summed E-state index contributed by atoms with van der Waals surface area (Å²) >= 11 is 0. The van der Waals surface area contributed by atoms with E-state index in [4.69, 9.17) is 0 Å². The minimum atomic E-state index is 0. The Labute approximate surface area is 186 Å². The summed E-state index contributed by atoms with van der Waals surface area (Å²) in [6.45, 7) is 6.70. The van der Waals surface area contributed by atoms with Crippen LogP contribution in [0, 0.1) is 11.3 Å². The molecule has 1 aromatic rings. The molecule has 4 heterocycles. The largest absolute Gasteiger partial charge is 0.396 e. The Kier molecular flexibility index (Phi) is 8.60. The molecular weight excluding hydrogens is 411 g/mol. The van der Waals surface area contributed by atoms with Gasteiger partial charge in [-0.3, -0.25) is 9.69 Å². The van der Waals surface area contributed by atoms with E-state index in [1.165, 1.54) is 12.1 Å². The number of piperidine rings is 2. The summed E-state index contributed by atoms with van der Waals surface area (Å²) in [4.78, 5) is 17.7. The van der Waals surface area contributed by atoms with Crippen LogP contribution in [0.5, 0.6) is 0 Å². The lowest BCUT2D eigenvalue weighted by Gasteiger charge is -2.42. The molecule has 166 valence electrons. The number of halogens is 2. The number of hydrogen-bond acceptors (Lipinski definition) is 5. The third kappa shape index (κ3) is 5.17. The van der Waals surface area contributed by atoms with Crippen LogP contribution in [0.3, 0.4) is 0 Å². The fourth-order valence-electron chi connectivity index (χ4n) is 5.42. The summed E-state index contributed by atoms with van der Waals surface area (Å²) in [7, 11) is 4.14. The van der Waals surface area contributed by atoms with E-state index >= 15 is 0 Å². The van der Waals surface area contributed by atoms with E-state index in [2.05, 4.69) is 45.9 Å². The van der Waals surface area contributed by atoms with Gasteiger partial charge in [0.15, 0.2) is 0 Å². The molecule has 2 N–H and O–H groups in total. The maximum atomic E-state index is 13.1. The number of pyridine rings is 1. The first kappa shape index (κ1) is 24.6. The van der Waals surface area contributed by atoms with Gasteiger partial charge in [-0.1, -0.05) is 6.07 Å². The second kappa shape index (κ2) is 10.1. The number of fused-ring (bicyclic) bond motifs is 4. The van der Waals surface area contributed by atoms with E-state index in [1.807, 2.05) is 0 Å². The molecule has 8 heteroatoms. The Hall–Kier alpha value is -0.630. The van der Waals surface area contributed by atoms with Crippen LogP contribution in [-0.4, -0.2) is 72.9 Å². The molecule has 3 aliphatic rings. The van der Waals surface area contributed by atoms with Crippen LogP contribution in [0.1, 0.15) is 36.4 Å². The van der Waals surface area contributed by atoms with Gasteiger partial charge in [-0.25, -0.2) is 0 Å². The van der Waals surface area contributed by atoms with E-state index in [0.29, 0.717) is 11.8 Å². The smallest absolute Gasteiger partial charge is 0.255 e. The lowest BCUT2D eigenvalue weighted by Crippen LogP contribution is -2.48. The van der Waals surface area contributed by atoms with Crippen LogP contribution >= 0.6 is 24.8 Å². The van der Waals surface area contributed by atoms with Gasteiger partial charge in [0, 0.05) is 48.8 Å². The minimum Gasteiger partial charge on any atom is -0.396 e. The van der Waals surface area contributed by atoms with Crippen molar-refractivity contribution in [2.45, 2.75) is 38.3 Å². The molecule has 0 radical (unpaired) electrons. The Morgan fingerprint density at radius 3 is 2.59 bits per heavy atom. The number of aliphatic hydroxyl groups excluding tert-OH is 1. The second-order valence-electron chi connectivity index (χ2n) is 9.33. The summed E-state index contributed by atoms with van der Waals surface area (Å²) in [5, 5.41) is 13.4. The van der Waals surface area contributed by atoms with Gasteiger partial charge >= 0.3 is 0 Å². The number of aromatic nitrogens is 1. The normalized spacial score (nSPS) is 25.7. The molecule has 0 amide bonds. The van der Waals surface area contributed by atoms with Crippen molar-refractivity contribution in [3.63, 3.8) is 0 Å². The third-order valence-corrected chi connectivity index (χ3v) is 6.89. The van der Waals surface area contributed by atoms with E-state index in [-0.39, 0.29) is 42.4 Å². The van der Waals surface area contributed by atoms with Crippen molar-refractivity contribution in [2.24, 2.45) is 11.3 Å². The van der Waals surface area contributed by atoms with Crippen LogP contribution < -0.4 is 10.9 Å². The highest BCUT2D eigenvalue weighted by Crippen LogP contribution is 2.33. The molecule has 0 saturated carbocycles. The van der Waals surface area contributed by atoms with E-state index in [0.717, 1.165) is 64.2 Å². The van der Waals surface area contributed by atoms with Gasteiger partial charge in [0.2, 0.25) is 0 Å². The van der Waals surface area contributed by atoms with E-state index in [1.54, 1.807) is 0 Å². The van der Waals surface area contributed by atoms with Crippen molar-refractivity contribution in [2.75, 3.05) is 53.4 Å². The van der Waals surface area contributed by atoms with Gasteiger partial charge in [0.25, 0.3) is 5.56 Å². The first-order chi connectivity index (χ1) is 13.0. The maximum Gasteiger partial charge on any atom is 0.255 e. The number of nitrogens with zero attached hydrogens (tertiary/aromatic N) is 3.